The molecule has 14 N–H and O–H groups in total. The van der Waals surface area contributed by atoms with Gasteiger partial charge in [-0.15, -0.1) is 0 Å². The zero-order chi connectivity index (χ0) is 41.6. The number of hydrogen-bond donors (Lipinski definition) is 13. The van der Waals surface area contributed by atoms with E-state index in [9.17, 15) is 59.3 Å². The average Bonchev–Trinajstić information content (AvgIpc) is 3.38. The molecule has 24 nitrogen and oxygen atoms in total. The van der Waals surface area contributed by atoms with Crippen molar-refractivity contribution < 1.29 is 83.2 Å². The molecule has 1 aromatic carbocycles. The van der Waals surface area contributed by atoms with Crippen molar-refractivity contribution in [2.45, 2.75) is 100 Å². The number of carboxylic acids is 2. The second-order valence-corrected chi connectivity index (χ2v) is 14.6. The summed E-state index contributed by atoms with van der Waals surface area (Å²) in [4.78, 5) is 64.0. The Morgan fingerprint density at radius 3 is 2.36 bits per heavy atom. The zero-order valence-corrected chi connectivity index (χ0v) is 30.7. The van der Waals surface area contributed by atoms with Gasteiger partial charge in [-0.1, -0.05) is 12.1 Å². The second-order valence-electron chi connectivity index (χ2n) is 13.2. The average molecular weight is 821 g/mol. The summed E-state index contributed by atoms with van der Waals surface area (Å²) in [5, 5.41) is 86.3. The summed E-state index contributed by atoms with van der Waals surface area (Å²) in [7, 11) is -5.13. The fourth-order valence-electron chi connectivity index (χ4n) is 6.18. The quantitative estimate of drug-likeness (QED) is 0.0686. The van der Waals surface area contributed by atoms with E-state index in [-0.39, 0.29) is 23.9 Å². The van der Waals surface area contributed by atoms with Crippen LogP contribution in [0.3, 0.4) is 0 Å². The van der Waals surface area contributed by atoms with Crippen LogP contribution in [0.15, 0.2) is 29.1 Å². The molecule has 2 aliphatic rings. The molecule has 1 saturated heterocycles. The highest BCUT2D eigenvalue weighted by Gasteiger charge is 2.46. The molecule has 12 atom stereocenters. The molecule has 2 aromatic rings. The van der Waals surface area contributed by atoms with Gasteiger partial charge in [0, 0.05) is 30.6 Å². The maximum Gasteiger partial charge on any atom is 0.473 e. The molecule has 1 amide bonds. The van der Waals surface area contributed by atoms with Crippen molar-refractivity contribution >= 4 is 49.0 Å². The molecule has 1 fully saturated rings. The van der Waals surface area contributed by atoms with E-state index in [1.54, 1.807) is 38.1 Å². The number of nitrogens with zero attached hydrogens (tertiary/aromatic N) is 2. The molecule has 1 aromatic heterocycles. The number of aliphatic hydroxyl groups excluding tert-OH is 5. The summed E-state index contributed by atoms with van der Waals surface area (Å²) in [5.41, 5.74) is 5.76. The van der Waals surface area contributed by atoms with Gasteiger partial charge >= 0.3 is 25.9 Å². The Morgan fingerprint density at radius 1 is 1.09 bits per heavy atom. The molecule has 0 bridgehead atoms. The van der Waals surface area contributed by atoms with E-state index in [0.29, 0.717) is 11.3 Å². The Hall–Kier alpha value is -4.46. The van der Waals surface area contributed by atoms with Crippen LogP contribution in [0.2, 0.25) is 0 Å². The van der Waals surface area contributed by atoms with E-state index in [1.165, 1.54) is 0 Å². The lowest BCUT2D eigenvalue weighted by atomic mass is 9.97. The van der Waals surface area contributed by atoms with Gasteiger partial charge in [-0.05, 0) is 38.0 Å². The molecule has 0 saturated carbocycles. The van der Waals surface area contributed by atoms with Crippen molar-refractivity contribution in [2.24, 2.45) is 0 Å². The summed E-state index contributed by atoms with van der Waals surface area (Å²) in [6.07, 6.45) is -16.7. The van der Waals surface area contributed by atoms with Gasteiger partial charge in [0.15, 0.2) is 23.9 Å². The first-order valence-electron chi connectivity index (χ1n) is 17.0. The maximum atomic E-state index is 12.6. The number of ether oxygens (including phenoxy) is 2. The van der Waals surface area contributed by atoms with Crippen LogP contribution in [0.4, 0.5) is 27.9 Å². The van der Waals surface area contributed by atoms with E-state index < -0.39 is 125 Å². The molecule has 0 spiro atoms. The minimum absolute atomic E-state index is 0.0296. The first kappa shape index (κ1) is 44.3. The van der Waals surface area contributed by atoms with Gasteiger partial charge in [-0.3, -0.25) is 28.5 Å². The number of aliphatic carboxylic acids is 2. The number of H-pyrrole nitrogens is 1. The standard InChI is InChI=1S/C31H45N6O18P/c1-12(21-13(2)34-26-22(37(21)31(48)49)27(45)36-30(32)35-26)33-15-5-3-14(4-6-15)9-16(38)23(42)17(39)10-52-29-25(44)24(43)19(54-29)11-53-56(50,51)55-18(28(46)47)7-8-20(40)41/h3-6,12-13,16-19,21,23-25,29,33,38-39,42-44H,7-11H2,1-2H3,(H,40,41)(H,46,47)(H,48,49)(H,50,51)(H4,32,34,35,36,45)/t12-,13+,16+,17-,18+,19-,21?,23+,24-,25-,29+/m1/s1. The van der Waals surface area contributed by atoms with Gasteiger partial charge in [0.05, 0.1) is 25.4 Å². The maximum absolute atomic E-state index is 12.6. The zero-order valence-electron chi connectivity index (χ0n) is 29.8. The summed E-state index contributed by atoms with van der Waals surface area (Å²) < 4.78 is 32.0. The van der Waals surface area contributed by atoms with Crippen LogP contribution < -0.4 is 26.8 Å². The number of phosphoric ester groups is 1. The molecule has 0 radical (unpaired) electrons. The minimum Gasteiger partial charge on any atom is -0.481 e. The minimum atomic E-state index is -5.13. The lowest BCUT2D eigenvalue weighted by molar-refractivity contribution is -0.192. The van der Waals surface area contributed by atoms with Crippen molar-refractivity contribution in [3.63, 3.8) is 0 Å². The molecule has 56 heavy (non-hydrogen) atoms. The summed E-state index contributed by atoms with van der Waals surface area (Å²) in [5.74, 6) is -3.26. The Bertz CT molecular complexity index is 1800. The van der Waals surface area contributed by atoms with Crippen molar-refractivity contribution in [1.29, 1.82) is 0 Å². The van der Waals surface area contributed by atoms with E-state index >= 15 is 0 Å². The molecular weight excluding hydrogens is 775 g/mol. The number of anilines is 4. The number of carbonyl (C=O) groups is 3. The molecule has 0 aliphatic carbocycles. The molecular formula is C31H45N6O18P. The number of phosphoric acid groups is 1. The number of carboxylic acid groups (broad SMARTS) is 3. The third kappa shape index (κ3) is 11.1. The van der Waals surface area contributed by atoms with Crippen LogP contribution in [0.25, 0.3) is 0 Å². The van der Waals surface area contributed by atoms with Crippen molar-refractivity contribution in [3.05, 3.63) is 40.2 Å². The normalized spacial score (nSPS) is 25.8. The molecule has 3 heterocycles. The number of benzene rings is 1. The van der Waals surface area contributed by atoms with E-state index in [2.05, 4.69) is 29.6 Å². The number of hydrogen-bond acceptors (Lipinski definition) is 18. The molecule has 312 valence electrons. The molecule has 4 rings (SSSR count). The number of aromatic nitrogens is 2. The predicted octanol–water partition coefficient (Wildman–Crippen LogP) is -1.94. The van der Waals surface area contributed by atoms with Crippen LogP contribution in [-0.4, -0.2) is 154 Å². The van der Waals surface area contributed by atoms with Gasteiger partial charge in [-0.2, -0.15) is 4.98 Å². The van der Waals surface area contributed by atoms with Crippen LogP contribution in [-0.2, 0) is 39.1 Å². The first-order valence-corrected chi connectivity index (χ1v) is 18.5. The van der Waals surface area contributed by atoms with Crippen LogP contribution in [0, 0.1) is 0 Å². The topological polar surface area (TPSA) is 386 Å². The lowest BCUT2D eigenvalue weighted by Crippen LogP contribution is -2.60. The van der Waals surface area contributed by atoms with Crippen LogP contribution in [0.1, 0.15) is 32.3 Å². The highest BCUT2D eigenvalue weighted by atomic mass is 31.2. The third-order valence-corrected chi connectivity index (χ3v) is 9.93. The lowest BCUT2D eigenvalue weighted by Gasteiger charge is -2.42. The Morgan fingerprint density at radius 2 is 1.75 bits per heavy atom. The van der Waals surface area contributed by atoms with Crippen LogP contribution >= 0.6 is 7.82 Å². The Labute approximate surface area is 317 Å². The summed E-state index contributed by atoms with van der Waals surface area (Å²) in [6.45, 7) is 1.80. The Balaban J connectivity index is 1.26. The van der Waals surface area contributed by atoms with Crippen molar-refractivity contribution in [3.8, 4) is 0 Å². The number of nitrogen functional groups attached to an aromatic ring is 1. The van der Waals surface area contributed by atoms with Crippen molar-refractivity contribution in [1.82, 2.24) is 9.97 Å². The SMILES string of the molecule is C[C@@H]1Nc2nc(N)[nH]c(=O)c2N(C(=O)O)C1[C@@H](C)Nc1ccc(C[C@H](O)[C@H](O)[C@H](O)CO[C@H]2O[C@H](COP(=O)(O)O[C@@H](CCC(=O)O)C(=O)O)[C@@H](O)[C@H]2O)cc1. The number of rotatable bonds is 19. The number of amides is 1. The highest BCUT2D eigenvalue weighted by molar-refractivity contribution is 7.47. The smallest absolute Gasteiger partial charge is 0.473 e. The van der Waals surface area contributed by atoms with Gasteiger partial charge in [0.2, 0.25) is 5.95 Å². The monoisotopic (exact) mass is 820 g/mol. The van der Waals surface area contributed by atoms with Gasteiger partial charge in [-0.25, -0.2) is 14.2 Å². The van der Waals surface area contributed by atoms with Crippen LogP contribution in [0.5, 0.6) is 0 Å². The van der Waals surface area contributed by atoms with Crippen molar-refractivity contribution in [2.75, 3.05) is 34.5 Å². The Kier molecular flexibility index (Phi) is 14.7. The fraction of sp³-hybridized carbons (Fsp3) is 0.581. The predicted molar refractivity (Wildman–Crippen MR) is 190 cm³/mol. The number of aromatic amines is 1. The highest BCUT2D eigenvalue weighted by Crippen LogP contribution is 2.46. The number of nitrogens with one attached hydrogen (secondary N) is 3. The fourth-order valence-corrected chi connectivity index (χ4v) is 7.10. The van der Waals surface area contributed by atoms with E-state index in [4.69, 9.17) is 25.4 Å². The molecule has 2 unspecified atom stereocenters. The summed E-state index contributed by atoms with van der Waals surface area (Å²) >= 11 is 0. The number of aliphatic hydroxyl groups is 5. The second kappa shape index (κ2) is 18.7. The molecule has 2 aliphatic heterocycles. The summed E-state index contributed by atoms with van der Waals surface area (Å²) in [6, 6.07) is 4.65. The molecule has 25 heteroatoms. The first-order chi connectivity index (χ1) is 26.2. The van der Waals surface area contributed by atoms with Gasteiger partial charge in [0.25, 0.3) is 5.56 Å². The van der Waals surface area contributed by atoms with Gasteiger partial charge in [0.1, 0.15) is 30.5 Å². The largest absolute Gasteiger partial charge is 0.481 e. The van der Waals surface area contributed by atoms with Gasteiger partial charge < -0.3 is 71.6 Å². The van der Waals surface area contributed by atoms with E-state index in [1.807, 2.05) is 0 Å². The third-order valence-electron chi connectivity index (χ3n) is 8.94. The number of nitrogens with two attached hydrogens (primary N) is 1. The van der Waals surface area contributed by atoms with E-state index in [0.717, 1.165) is 4.90 Å². The number of fused-ring (bicyclic) bond motifs is 1.